The monoisotopic (exact) mass is 467 g/mol. The highest BCUT2D eigenvalue weighted by Gasteiger charge is 2.30. The van der Waals surface area contributed by atoms with Crippen LogP contribution in [0.1, 0.15) is 11.1 Å². The van der Waals surface area contributed by atoms with Gasteiger partial charge in [-0.1, -0.05) is 12.1 Å². The molecular weight excluding hydrogens is 454 g/mol. The number of hydrogen-bond acceptors (Lipinski definition) is 9. The van der Waals surface area contributed by atoms with E-state index >= 15 is 0 Å². The lowest BCUT2D eigenvalue weighted by atomic mass is 10.2. The molecule has 0 radical (unpaired) electrons. The molecule has 3 aromatic carbocycles. The number of anilines is 1. The Labute approximate surface area is 186 Å². The lowest BCUT2D eigenvalue weighted by molar-refractivity contribution is -0.393. The highest BCUT2D eigenvalue weighted by Crippen LogP contribution is 2.29. The van der Waals surface area contributed by atoms with Gasteiger partial charge in [0, 0.05) is 6.07 Å². The molecule has 0 atom stereocenters. The van der Waals surface area contributed by atoms with Gasteiger partial charge < -0.3 is 4.74 Å². The van der Waals surface area contributed by atoms with Crippen LogP contribution < -0.4 is 10.2 Å². The van der Waals surface area contributed by atoms with Gasteiger partial charge in [0.2, 0.25) is 5.90 Å². The van der Waals surface area contributed by atoms with Crippen molar-refractivity contribution in [1.82, 2.24) is 0 Å². The van der Waals surface area contributed by atoms with Crippen molar-refractivity contribution in [2.75, 3.05) is 5.43 Å². The largest absolute Gasteiger partial charge is 0.438 e. The maximum atomic E-state index is 12.1. The van der Waals surface area contributed by atoms with Crippen LogP contribution >= 0.6 is 0 Å². The minimum atomic E-state index is -3.79. The van der Waals surface area contributed by atoms with E-state index in [2.05, 4.69) is 14.9 Å². The summed E-state index contributed by atoms with van der Waals surface area (Å²) in [5, 5.41) is 25.9. The molecule has 0 spiro atoms. The molecule has 4 rings (SSSR count). The summed E-state index contributed by atoms with van der Waals surface area (Å²) in [4.78, 5) is 20.6. The number of benzene rings is 3. The van der Waals surface area contributed by atoms with Gasteiger partial charge in [-0.25, -0.2) is 0 Å². The summed E-state index contributed by atoms with van der Waals surface area (Å²) in [5.41, 5.74) is 2.55. The normalized spacial score (nSPS) is 13.9. The second kappa shape index (κ2) is 8.47. The van der Waals surface area contributed by atoms with Crippen molar-refractivity contribution >= 4 is 39.2 Å². The van der Waals surface area contributed by atoms with Crippen molar-refractivity contribution in [1.29, 1.82) is 0 Å². The zero-order valence-corrected chi connectivity index (χ0v) is 17.3. The Kier molecular flexibility index (Phi) is 5.54. The third-order valence-corrected chi connectivity index (χ3v) is 5.80. The minimum absolute atomic E-state index is 0.0130. The molecule has 0 amide bonds. The van der Waals surface area contributed by atoms with Crippen LogP contribution in [0.5, 0.6) is 5.75 Å². The fraction of sp³-hybridized carbons (Fsp3) is 0. The Morgan fingerprint density at radius 1 is 0.970 bits per heavy atom. The molecule has 1 aliphatic rings. The third kappa shape index (κ3) is 4.52. The van der Waals surface area contributed by atoms with Crippen LogP contribution in [-0.2, 0) is 10.0 Å². The van der Waals surface area contributed by atoms with Crippen LogP contribution in [0.25, 0.3) is 0 Å². The highest BCUT2D eigenvalue weighted by molar-refractivity contribution is 7.90. The number of hydrazone groups is 1. The Morgan fingerprint density at radius 3 is 2.39 bits per heavy atom. The number of nitrogens with one attached hydrogen (secondary N) is 1. The average Bonchev–Trinajstić information content (AvgIpc) is 3.05. The predicted molar refractivity (Wildman–Crippen MR) is 118 cm³/mol. The zero-order chi connectivity index (χ0) is 23.6. The fourth-order valence-electron chi connectivity index (χ4n) is 2.94. The predicted octanol–water partition coefficient (Wildman–Crippen LogP) is 3.48. The SMILES string of the molecule is O=[N+]([O-])c1ccc(N/N=C\c2ccc(OC3=NS(=O)(=O)c4ccccc43)cc2)c([N+](=O)[O-])c1. The molecule has 0 saturated carbocycles. The minimum Gasteiger partial charge on any atom is -0.438 e. The summed E-state index contributed by atoms with van der Waals surface area (Å²) >= 11 is 0. The van der Waals surface area contributed by atoms with E-state index in [1.165, 1.54) is 18.3 Å². The molecule has 1 heterocycles. The number of ether oxygens (including phenoxy) is 1. The average molecular weight is 467 g/mol. The van der Waals surface area contributed by atoms with E-state index < -0.39 is 31.2 Å². The standard InChI is InChI=1S/C20H13N5O7S/c26-24(27)14-7-10-17(18(11-14)25(28)29)22-21-12-13-5-8-15(9-6-13)32-20-16-3-1-2-4-19(16)33(30,31)23-20/h1-12,22H/b21-12-. The smallest absolute Gasteiger partial charge is 0.301 e. The van der Waals surface area contributed by atoms with Crippen LogP contribution in [0.4, 0.5) is 17.1 Å². The number of nitro benzene ring substituents is 2. The van der Waals surface area contributed by atoms with Gasteiger partial charge in [-0.05, 0) is 48.0 Å². The summed E-state index contributed by atoms with van der Waals surface area (Å²) in [6.07, 6.45) is 1.38. The summed E-state index contributed by atoms with van der Waals surface area (Å²) in [7, 11) is -3.79. The Morgan fingerprint density at radius 2 is 1.70 bits per heavy atom. The molecular formula is C20H13N5O7S. The number of non-ortho nitro benzene ring substituents is 1. The maximum absolute atomic E-state index is 12.1. The van der Waals surface area contributed by atoms with Crippen molar-refractivity contribution in [3.05, 3.63) is 98.1 Å². The van der Waals surface area contributed by atoms with Crippen molar-refractivity contribution in [2.45, 2.75) is 4.90 Å². The van der Waals surface area contributed by atoms with E-state index in [0.717, 1.165) is 12.1 Å². The Hall–Kier alpha value is -4.65. The van der Waals surface area contributed by atoms with E-state index in [4.69, 9.17) is 4.74 Å². The maximum Gasteiger partial charge on any atom is 0.301 e. The number of hydrogen-bond donors (Lipinski definition) is 1. The summed E-state index contributed by atoms with van der Waals surface area (Å²) in [6.45, 7) is 0. The van der Waals surface area contributed by atoms with Gasteiger partial charge in [-0.2, -0.15) is 13.5 Å². The molecule has 0 aromatic heterocycles. The lowest BCUT2D eigenvalue weighted by Crippen LogP contribution is -2.07. The van der Waals surface area contributed by atoms with Crippen molar-refractivity contribution < 1.29 is 23.0 Å². The van der Waals surface area contributed by atoms with Crippen LogP contribution in [0.2, 0.25) is 0 Å². The second-order valence-corrected chi connectivity index (χ2v) is 8.20. The van der Waals surface area contributed by atoms with Gasteiger partial charge in [-0.3, -0.25) is 25.7 Å². The van der Waals surface area contributed by atoms with Gasteiger partial charge in [0.1, 0.15) is 16.3 Å². The van der Waals surface area contributed by atoms with Crippen LogP contribution in [0.15, 0.2) is 81.1 Å². The molecule has 0 saturated heterocycles. The first-order chi connectivity index (χ1) is 15.7. The molecule has 1 N–H and O–H groups in total. The van der Waals surface area contributed by atoms with Gasteiger partial charge in [0.15, 0.2) is 0 Å². The molecule has 1 aliphatic heterocycles. The van der Waals surface area contributed by atoms with E-state index in [0.29, 0.717) is 16.9 Å². The summed E-state index contributed by atoms with van der Waals surface area (Å²) < 4.78 is 33.5. The molecule has 166 valence electrons. The third-order valence-electron chi connectivity index (χ3n) is 4.48. The van der Waals surface area contributed by atoms with Gasteiger partial charge in [0.25, 0.3) is 15.7 Å². The quantitative estimate of drug-likeness (QED) is 0.327. The van der Waals surface area contributed by atoms with Gasteiger partial charge in [0.05, 0.1) is 27.7 Å². The first-order valence-corrected chi connectivity index (χ1v) is 10.6. The Balaban J connectivity index is 1.46. The molecule has 3 aromatic rings. The molecule has 13 heteroatoms. The number of rotatable bonds is 6. The molecule has 0 unspecified atom stereocenters. The lowest BCUT2D eigenvalue weighted by Gasteiger charge is -2.05. The molecule has 33 heavy (non-hydrogen) atoms. The number of fused-ring (bicyclic) bond motifs is 1. The highest BCUT2D eigenvalue weighted by atomic mass is 32.2. The number of sulfonamides is 1. The van der Waals surface area contributed by atoms with E-state index in [1.807, 2.05) is 0 Å². The van der Waals surface area contributed by atoms with Crippen LogP contribution in [0.3, 0.4) is 0 Å². The molecule has 0 aliphatic carbocycles. The summed E-state index contributed by atoms with van der Waals surface area (Å²) in [5.74, 6) is 0.316. The van der Waals surface area contributed by atoms with E-state index in [1.54, 1.807) is 42.5 Å². The van der Waals surface area contributed by atoms with Gasteiger partial charge in [-0.15, -0.1) is 4.40 Å². The van der Waals surface area contributed by atoms with Crippen LogP contribution in [0, 0.1) is 20.2 Å². The summed E-state index contributed by atoms with van der Waals surface area (Å²) in [6, 6.07) is 15.9. The van der Waals surface area contributed by atoms with Crippen molar-refractivity contribution in [3.63, 3.8) is 0 Å². The topological polar surface area (TPSA) is 166 Å². The van der Waals surface area contributed by atoms with Crippen molar-refractivity contribution in [3.8, 4) is 5.75 Å². The number of nitrogens with zero attached hydrogens (tertiary/aromatic N) is 4. The first kappa shape index (κ1) is 21.6. The Bertz CT molecular complexity index is 1430. The van der Waals surface area contributed by atoms with E-state index in [-0.39, 0.29) is 16.5 Å². The van der Waals surface area contributed by atoms with Crippen molar-refractivity contribution in [2.24, 2.45) is 9.50 Å². The molecule has 12 nitrogen and oxygen atoms in total. The number of nitro groups is 2. The molecule has 0 bridgehead atoms. The first-order valence-electron chi connectivity index (χ1n) is 9.19. The molecule has 0 fully saturated rings. The fourth-order valence-corrected chi connectivity index (χ4v) is 4.07. The van der Waals surface area contributed by atoms with E-state index in [9.17, 15) is 28.6 Å². The second-order valence-electron chi connectivity index (χ2n) is 6.62. The van der Waals surface area contributed by atoms with Crippen LogP contribution in [-0.4, -0.2) is 30.4 Å². The van der Waals surface area contributed by atoms with Gasteiger partial charge >= 0.3 is 5.69 Å². The zero-order valence-electron chi connectivity index (χ0n) is 16.5.